The molecule has 1 aliphatic heterocycles. The SMILES string of the molecule is COC(=O)C[C@@H](NC(=O)N1CCc2[nH]cnc2[C@@H]1c1cc(Cl)ccc1F)C(=O)OC. The van der Waals surface area contributed by atoms with Gasteiger partial charge in [-0.1, -0.05) is 11.6 Å². The number of aromatic amines is 1. The van der Waals surface area contributed by atoms with Gasteiger partial charge in [-0.2, -0.15) is 0 Å². The second kappa shape index (κ2) is 9.12. The Bertz CT molecular complexity index is 966. The Kier molecular flexibility index (Phi) is 6.56. The maximum absolute atomic E-state index is 14.7. The van der Waals surface area contributed by atoms with Crippen LogP contribution in [0, 0.1) is 5.82 Å². The number of benzene rings is 1. The topological polar surface area (TPSA) is 114 Å². The zero-order chi connectivity index (χ0) is 21.8. The molecule has 3 rings (SSSR count). The van der Waals surface area contributed by atoms with E-state index in [2.05, 4.69) is 24.8 Å². The minimum atomic E-state index is -1.26. The molecule has 2 aromatic rings. The molecule has 0 saturated carbocycles. The van der Waals surface area contributed by atoms with E-state index in [1.807, 2.05) is 0 Å². The normalized spacial score (nSPS) is 16.4. The first-order chi connectivity index (χ1) is 14.3. The van der Waals surface area contributed by atoms with E-state index >= 15 is 0 Å². The lowest BCUT2D eigenvalue weighted by molar-refractivity contribution is -0.149. The van der Waals surface area contributed by atoms with E-state index in [0.29, 0.717) is 17.1 Å². The van der Waals surface area contributed by atoms with E-state index in [0.717, 1.165) is 12.8 Å². The zero-order valence-corrected chi connectivity index (χ0v) is 17.0. The zero-order valence-electron chi connectivity index (χ0n) is 16.3. The quantitative estimate of drug-likeness (QED) is 0.690. The maximum Gasteiger partial charge on any atom is 0.329 e. The van der Waals surface area contributed by atoms with Gasteiger partial charge >= 0.3 is 18.0 Å². The van der Waals surface area contributed by atoms with E-state index < -0.39 is 42.3 Å². The van der Waals surface area contributed by atoms with Crippen LogP contribution in [0.25, 0.3) is 0 Å². The van der Waals surface area contributed by atoms with E-state index in [1.54, 1.807) is 0 Å². The molecule has 11 heteroatoms. The number of carbonyl (C=O) groups excluding carboxylic acids is 3. The molecular weight excluding hydrogens is 419 g/mol. The summed E-state index contributed by atoms with van der Waals surface area (Å²) in [5.74, 6) is -2.06. The van der Waals surface area contributed by atoms with Crippen LogP contribution in [0.1, 0.15) is 29.4 Å². The molecule has 1 aromatic carbocycles. The van der Waals surface area contributed by atoms with Crippen molar-refractivity contribution >= 4 is 29.6 Å². The molecule has 0 fully saturated rings. The molecule has 2 atom stereocenters. The monoisotopic (exact) mass is 438 g/mol. The van der Waals surface area contributed by atoms with E-state index in [1.165, 1.54) is 36.5 Å². The fraction of sp³-hybridized carbons (Fsp3) is 0.368. The molecule has 0 saturated heterocycles. The van der Waals surface area contributed by atoms with Crippen molar-refractivity contribution in [3.63, 3.8) is 0 Å². The van der Waals surface area contributed by atoms with Gasteiger partial charge in [0.05, 0.1) is 32.7 Å². The number of methoxy groups -OCH3 is 2. The summed E-state index contributed by atoms with van der Waals surface area (Å²) in [6.07, 6.45) is 1.50. The van der Waals surface area contributed by atoms with Crippen LogP contribution in [0.3, 0.4) is 0 Å². The van der Waals surface area contributed by atoms with Gasteiger partial charge in [-0.3, -0.25) is 4.79 Å². The maximum atomic E-state index is 14.7. The number of carbonyl (C=O) groups is 3. The Morgan fingerprint density at radius 1 is 1.37 bits per heavy atom. The number of esters is 2. The average molecular weight is 439 g/mol. The Hall–Kier alpha value is -3.14. The molecular formula is C19H20ClFN4O5. The molecule has 9 nitrogen and oxygen atoms in total. The predicted octanol–water partition coefficient (Wildman–Crippen LogP) is 1.96. The van der Waals surface area contributed by atoms with Gasteiger partial charge in [0.25, 0.3) is 0 Å². The number of amides is 2. The third kappa shape index (κ3) is 4.38. The van der Waals surface area contributed by atoms with Gasteiger partial charge < -0.3 is 24.7 Å². The Morgan fingerprint density at radius 2 is 2.13 bits per heavy atom. The van der Waals surface area contributed by atoms with Crippen molar-refractivity contribution in [3.8, 4) is 0 Å². The van der Waals surface area contributed by atoms with Crippen molar-refractivity contribution in [2.24, 2.45) is 0 Å². The Labute approximate surface area is 176 Å². The second-order valence-corrected chi connectivity index (χ2v) is 7.02. The van der Waals surface area contributed by atoms with Crippen molar-refractivity contribution in [2.45, 2.75) is 24.9 Å². The summed E-state index contributed by atoms with van der Waals surface area (Å²) in [6, 6.07) is 1.21. The van der Waals surface area contributed by atoms with Gasteiger partial charge in [-0.05, 0) is 18.2 Å². The number of H-pyrrole nitrogens is 1. The largest absolute Gasteiger partial charge is 0.469 e. The van der Waals surface area contributed by atoms with Gasteiger partial charge in [-0.25, -0.2) is 19.0 Å². The number of ether oxygens (including phenoxy) is 2. The van der Waals surface area contributed by atoms with E-state index in [4.69, 9.17) is 11.6 Å². The summed E-state index contributed by atoms with van der Waals surface area (Å²) in [5, 5.41) is 2.78. The van der Waals surface area contributed by atoms with Crippen LogP contribution >= 0.6 is 11.6 Å². The molecule has 1 aromatic heterocycles. The lowest BCUT2D eigenvalue weighted by atomic mass is 9.95. The Balaban J connectivity index is 1.94. The van der Waals surface area contributed by atoms with Gasteiger partial charge in [0.15, 0.2) is 0 Å². The van der Waals surface area contributed by atoms with Gasteiger partial charge in [0.1, 0.15) is 17.9 Å². The molecule has 0 bridgehead atoms. The molecule has 0 unspecified atom stereocenters. The minimum Gasteiger partial charge on any atom is -0.469 e. The number of halogens is 2. The van der Waals surface area contributed by atoms with Crippen LogP contribution in [-0.2, 0) is 25.5 Å². The number of aromatic nitrogens is 2. The van der Waals surface area contributed by atoms with Crippen molar-refractivity contribution in [2.75, 3.05) is 20.8 Å². The molecule has 0 aliphatic carbocycles. The summed E-state index contributed by atoms with van der Waals surface area (Å²) in [7, 11) is 2.31. The molecule has 1 aliphatic rings. The van der Waals surface area contributed by atoms with Crippen molar-refractivity contribution in [1.82, 2.24) is 20.2 Å². The molecule has 2 heterocycles. The molecule has 2 amide bonds. The van der Waals surface area contributed by atoms with Crippen LogP contribution in [0.4, 0.5) is 9.18 Å². The number of imidazole rings is 1. The van der Waals surface area contributed by atoms with Gasteiger partial charge in [-0.15, -0.1) is 0 Å². The van der Waals surface area contributed by atoms with Crippen LogP contribution in [0.15, 0.2) is 24.5 Å². The van der Waals surface area contributed by atoms with Crippen molar-refractivity contribution < 1.29 is 28.2 Å². The number of nitrogens with zero attached hydrogens (tertiary/aromatic N) is 2. The molecule has 0 spiro atoms. The molecule has 30 heavy (non-hydrogen) atoms. The second-order valence-electron chi connectivity index (χ2n) is 6.58. The molecule has 2 N–H and O–H groups in total. The number of urea groups is 1. The fourth-order valence-electron chi connectivity index (χ4n) is 3.35. The number of hydrogen-bond donors (Lipinski definition) is 2. The summed E-state index contributed by atoms with van der Waals surface area (Å²) in [4.78, 5) is 45.3. The van der Waals surface area contributed by atoms with Crippen LogP contribution in [-0.4, -0.2) is 59.6 Å². The smallest absolute Gasteiger partial charge is 0.329 e. The molecule has 0 radical (unpaired) electrons. The first kappa shape index (κ1) is 21.6. The highest BCUT2D eigenvalue weighted by Crippen LogP contribution is 2.35. The Morgan fingerprint density at radius 3 is 2.83 bits per heavy atom. The molecule has 160 valence electrons. The van der Waals surface area contributed by atoms with Crippen LogP contribution in [0.2, 0.25) is 5.02 Å². The van der Waals surface area contributed by atoms with Crippen molar-refractivity contribution in [1.29, 1.82) is 0 Å². The third-order valence-electron chi connectivity index (χ3n) is 4.82. The van der Waals surface area contributed by atoms with Crippen molar-refractivity contribution in [3.05, 3.63) is 52.3 Å². The number of fused-ring (bicyclic) bond motifs is 1. The fourth-order valence-corrected chi connectivity index (χ4v) is 3.53. The number of hydrogen-bond acceptors (Lipinski definition) is 6. The lowest BCUT2D eigenvalue weighted by Gasteiger charge is -2.36. The lowest BCUT2D eigenvalue weighted by Crippen LogP contribution is -2.52. The van der Waals surface area contributed by atoms with Crippen LogP contribution in [0.5, 0.6) is 0 Å². The number of rotatable bonds is 5. The first-order valence-corrected chi connectivity index (χ1v) is 9.42. The minimum absolute atomic E-state index is 0.160. The standard InChI is InChI=1S/C19H20ClFN4O5/c1-29-15(26)8-14(18(27)30-2)24-19(28)25-6-5-13-16(23-9-22-13)17(25)11-7-10(20)3-4-12(11)21/h3-4,7,9,14,17H,5-6,8H2,1-2H3,(H,22,23)(H,24,28)/t14-,17+/m1/s1. The average Bonchev–Trinajstić information content (AvgIpc) is 3.22. The van der Waals surface area contributed by atoms with Gasteiger partial charge in [0.2, 0.25) is 0 Å². The van der Waals surface area contributed by atoms with Crippen LogP contribution < -0.4 is 5.32 Å². The van der Waals surface area contributed by atoms with Gasteiger partial charge in [0, 0.05) is 29.2 Å². The highest BCUT2D eigenvalue weighted by atomic mass is 35.5. The van der Waals surface area contributed by atoms with E-state index in [9.17, 15) is 18.8 Å². The summed E-state index contributed by atoms with van der Waals surface area (Å²) in [5.41, 5.74) is 1.40. The highest BCUT2D eigenvalue weighted by Gasteiger charge is 2.37. The van der Waals surface area contributed by atoms with E-state index in [-0.39, 0.29) is 12.1 Å². The number of nitrogens with one attached hydrogen (secondary N) is 2. The summed E-state index contributed by atoms with van der Waals surface area (Å²) < 4.78 is 23.9. The highest BCUT2D eigenvalue weighted by molar-refractivity contribution is 6.30. The predicted molar refractivity (Wildman–Crippen MR) is 103 cm³/mol. The third-order valence-corrected chi connectivity index (χ3v) is 5.06. The first-order valence-electron chi connectivity index (χ1n) is 9.04. The summed E-state index contributed by atoms with van der Waals surface area (Å²) >= 11 is 6.06. The summed E-state index contributed by atoms with van der Waals surface area (Å²) in [6.45, 7) is 0.212.